The van der Waals surface area contributed by atoms with Gasteiger partial charge in [-0.05, 0) is 31.1 Å². The Morgan fingerprint density at radius 1 is 1.53 bits per heavy atom. The van der Waals surface area contributed by atoms with E-state index < -0.39 is 5.97 Å². The first-order chi connectivity index (χ1) is 7.13. The van der Waals surface area contributed by atoms with Crippen molar-refractivity contribution in [3.63, 3.8) is 0 Å². The molecule has 0 fully saturated rings. The smallest absolute Gasteiger partial charge is 0.307 e. The number of rotatable bonds is 5. The normalized spacial score (nSPS) is 11.7. The van der Waals surface area contributed by atoms with Crippen LogP contribution in [0.15, 0.2) is 18.2 Å². The lowest BCUT2D eigenvalue weighted by atomic mass is 10.2. The molecule has 1 heterocycles. The Labute approximate surface area is 94.3 Å². The zero-order chi connectivity index (χ0) is 11.3. The van der Waals surface area contributed by atoms with Crippen molar-refractivity contribution in [3.8, 4) is 0 Å². The molecule has 1 N–H and O–H groups in total. The number of thiophene rings is 1. The minimum Gasteiger partial charge on any atom is -0.481 e. The lowest BCUT2D eigenvalue weighted by Gasteiger charge is -1.95. The maximum Gasteiger partial charge on any atom is 0.307 e. The molecule has 1 aromatic heterocycles. The summed E-state index contributed by atoms with van der Waals surface area (Å²) in [6.45, 7) is 4.12. The predicted molar refractivity (Wildman–Crippen MR) is 64.2 cm³/mol. The van der Waals surface area contributed by atoms with Gasteiger partial charge in [0.1, 0.15) is 0 Å². The quantitative estimate of drug-likeness (QED) is 0.830. The van der Waals surface area contributed by atoms with Crippen LogP contribution in [0.25, 0.3) is 5.57 Å². The Bertz CT molecular complexity index is 363. The molecule has 15 heavy (non-hydrogen) atoms. The van der Waals surface area contributed by atoms with Crippen LogP contribution in [-0.2, 0) is 11.2 Å². The van der Waals surface area contributed by atoms with Crippen LogP contribution in [0.5, 0.6) is 0 Å². The molecule has 1 aromatic rings. The van der Waals surface area contributed by atoms with E-state index in [-0.39, 0.29) is 6.42 Å². The zero-order valence-corrected chi connectivity index (χ0v) is 9.93. The van der Waals surface area contributed by atoms with E-state index in [0.29, 0.717) is 0 Å². The molecule has 0 saturated carbocycles. The first-order valence-electron chi connectivity index (χ1n) is 5.11. The second kappa shape index (κ2) is 5.71. The van der Waals surface area contributed by atoms with Gasteiger partial charge in [-0.2, -0.15) is 0 Å². The van der Waals surface area contributed by atoms with Gasteiger partial charge in [-0.15, -0.1) is 11.3 Å². The van der Waals surface area contributed by atoms with E-state index in [1.165, 1.54) is 9.75 Å². The fraction of sp³-hybridized carbons (Fsp3) is 0.417. The van der Waals surface area contributed by atoms with E-state index in [2.05, 4.69) is 19.1 Å². The van der Waals surface area contributed by atoms with Crippen molar-refractivity contribution in [2.24, 2.45) is 0 Å². The minimum atomic E-state index is -0.778. The molecule has 0 aliphatic rings. The van der Waals surface area contributed by atoms with Crippen LogP contribution in [0.2, 0.25) is 0 Å². The minimum absolute atomic E-state index is 0.104. The van der Waals surface area contributed by atoms with E-state index in [1.807, 2.05) is 6.92 Å². The third kappa shape index (κ3) is 3.88. The summed E-state index contributed by atoms with van der Waals surface area (Å²) in [5.41, 5.74) is 1.06. The molecule has 0 aromatic carbocycles. The number of allylic oxidation sites excluding steroid dienone is 1. The third-order valence-corrected chi connectivity index (χ3v) is 3.41. The molecule has 2 nitrogen and oxygen atoms in total. The Hall–Kier alpha value is -1.09. The number of hydrogen-bond donors (Lipinski definition) is 1. The van der Waals surface area contributed by atoms with Crippen LogP contribution >= 0.6 is 11.3 Å². The maximum absolute atomic E-state index is 10.4. The number of carbonyl (C=O) groups is 1. The van der Waals surface area contributed by atoms with Crippen molar-refractivity contribution in [3.05, 3.63) is 28.0 Å². The number of carboxylic acids is 1. The highest BCUT2D eigenvalue weighted by Crippen LogP contribution is 2.25. The summed E-state index contributed by atoms with van der Waals surface area (Å²) in [5.74, 6) is -0.778. The first kappa shape index (κ1) is 12.0. The Morgan fingerprint density at radius 2 is 2.27 bits per heavy atom. The lowest BCUT2D eigenvalue weighted by molar-refractivity contribution is -0.135. The first-order valence-corrected chi connectivity index (χ1v) is 5.92. The van der Waals surface area contributed by atoms with Gasteiger partial charge in [0.2, 0.25) is 0 Å². The summed E-state index contributed by atoms with van der Waals surface area (Å²) >= 11 is 1.76. The standard InChI is InChI=1S/C12H16O2S/c1-3-4-10-6-7-11(15-10)9(2)5-8-12(13)14/h5-7H,3-4,8H2,1-2H3,(H,13,14)/b9-5+. The monoisotopic (exact) mass is 224 g/mol. The van der Waals surface area contributed by atoms with Crippen molar-refractivity contribution in [1.82, 2.24) is 0 Å². The highest BCUT2D eigenvalue weighted by molar-refractivity contribution is 7.13. The average Bonchev–Trinajstić information content (AvgIpc) is 2.63. The van der Waals surface area contributed by atoms with Gasteiger partial charge < -0.3 is 5.11 Å². The summed E-state index contributed by atoms with van der Waals surface area (Å²) in [6, 6.07) is 4.20. The van der Waals surface area contributed by atoms with Crippen molar-refractivity contribution >= 4 is 22.9 Å². The van der Waals surface area contributed by atoms with E-state index in [4.69, 9.17) is 5.11 Å². The summed E-state index contributed by atoms with van der Waals surface area (Å²) in [5, 5.41) is 8.56. The van der Waals surface area contributed by atoms with Crippen molar-refractivity contribution < 1.29 is 9.90 Å². The van der Waals surface area contributed by atoms with Crippen molar-refractivity contribution in [2.45, 2.75) is 33.1 Å². The van der Waals surface area contributed by atoms with Crippen LogP contribution in [0.1, 0.15) is 36.4 Å². The molecule has 0 atom stereocenters. The van der Waals surface area contributed by atoms with E-state index in [0.717, 1.165) is 18.4 Å². The predicted octanol–water partition coefficient (Wildman–Crippen LogP) is 3.58. The van der Waals surface area contributed by atoms with Crippen molar-refractivity contribution in [1.29, 1.82) is 0 Å². The topological polar surface area (TPSA) is 37.3 Å². The van der Waals surface area contributed by atoms with Gasteiger partial charge in [-0.1, -0.05) is 19.4 Å². The maximum atomic E-state index is 10.4. The fourth-order valence-electron chi connectivity index (χ4n) is 1.31. The number of aryl methyl sites for hydroxylation is 1. The molecule has 0 saturated heterocycles. The second-order valence-corrected chi connectivity index (χ2v) is 4.67. The Morgan fingerprint density at radius 3 is 2.87 bits per heavy atom. The highest BCUT2D eigenvalue weighted by Gasteiger charge is 2.02. The van der Waals surface area contributed by atoms with Gasteiger partial charge >= 0.3 is 5.97 Å². The van der Waals surface area contributed by atoms with Crippen LogP contribution in [0, 0.1) is 0 Å². The third-order valence-electron chi connectivity index (χ3n) is 2.13. The van der Waals surface area contributed by atoms with Gasteiger partial charge in [-0.3, -0.25) is 4.79 Å². The van der Waals surface area contributed by atoms with E-state index in [1.54, 1.807) is 17.4 Å². The molecule has 3 heteroatoms. The van der Waals surface area contributed by atoms with Crippen LogP contribution in [-0.4, -0.2) is 11.1 Å². The molecule has 0 spiro atoms. The van der Waals surface area contributed by atoms with Gasteiger partial charge in [0.05, 0.1) is 6.42 Å². The average molecular weight is 224 g/mol. The van der Waals surface area contributed by atoms with E-state index in [9.17, 15) is 4.79 Å². The Balaban J connectivity index is 2.68. The molecule has 82 valence electrons. The molecule has 0 unspecified atom stereocenters. The van der Waals surface area contributed by atoms with Gasteiger partial charge in [0.15, 0.2) is 0 Å². The highest BCUT2D eigenvalue weighted by atomic mass is 32.1. The fourth-order valence-corrected chi connectivity index (χ4v) is 2.42. The lowest BCUT2D eigenvalue weighted by Crippen LogP contribution is -1.90. The molecule has 0 bridgehead atoms. The second-order valence-electron chi connectivity index (χ2n) is 3.50. The summed E-state index contributed by atoms with van der Waals surface area (Å²) < 4.78 is 0. The van der Waals surface area contributed by atoms with Crippen LogP contribution in [0.4, 0.5) is 0 Å². The summed E-state index contributed by atoms with van der Waals surface area (Å²) in [6.07, 6.45) is 4.13. The summed E-state index contributed by atoms with van der Waals surface area (Å²) in [7, 11) is 0. The number of carboxylic acid groups (broad SMARTS) is 1. The molecule has 0 aliphatic heterocycles. The molecule has 1 rings (SSSR count). The zero-order valence-electron chi connectivity index (χ0n) is 9.12. The SMILES string of the molecule is CCCc1ccc(/C(C)=C/CC(=O)O)s1. The van der Waals surface area contributed by atoms with Crippen LogP contribution in [0.3, 0.4) is 0 Å². The molecular formula is C12H16O2S. The van der Waals surface area contributed by atoms with Gasteiger partial charge in [0.25, 0.3) is 0 Å². The Kier molecular flexibility index (Phi) is 4.56. The number of aliphatic carboxylic acids is 1. The molecule has 0 amide bonds. The molecule has 0 aliphatic carbocycles. The van der Waals surface area contributed by atoms with Crippen LogP contribution < -0.4 is 0 Å². The molecule has 0 radical (unpaired) electrons. The number of hydrogen-bond acceptors (Lipinski definition) is 2. The largest absolute Gasteiger partial charge is 0.481 e. The van der Waals surface area contributed by atoms with Crippen molar-refractivity contribution in [2.75, 3.05) is 0 Å². The molecular weight excluding hydrogens is 208 g/mol. The van der Waals surface area contributed by atoms with Gasteiger partial charge in [0, 0.05) is 9.75 Å². The van der Waals surface area contributed by atoms with E-state index >= 15 is 0 Å². The van der Waals surface area contributed by atoms with Gasteiger partial charge in [-0.25, -0.2) is 0 Å². The summed E-state index contributed by atoms with van der Waals surface area (Å²) in [4.78, 5) is 13.0.